The average Bonchev–Trinajstić information content (AvgIpc) is 2.65. The van der Waals surface area contributed by atoms with Crippen LogP contribution in [0.2, 0.25) is 5.32 Å². The molecule has 2 aromatic rings. The molecule has 25 heavy (non-hydrogen) atoms. The van der Waals surface area contributed by atoms with Crippen LogP contribution < -0.4 is 4.46 Å². The van der Waals surface area contributed by atoms with Crippen LogP contribution in [-0.2, 0) is 15.3 Å². The van der Waals surface area contributed by atoms with E-state index in [2.05, 4.69) is 62.3 Å². The number of rotatable bonds is 9. The number of ether oxygens (including phenoxy) is 2. The van der Waals surface area contributed by atoms with Crippen molar-refractivity contribution in [2.45, 2.75) is 31.0 Å². The Bertz CT molecular complexity index is 647. The van der Waals surface area contributed by atoms with Gasteiger partial charge >= 0.3 is 158 Å². The fourth-order valence-corrected chi connectivity index (χ4v) is 5.49. The van der Waals surface area contributed by atoms with Crippen molar-refractivity contribution in [3.8, 4) is 0 Å². The molecule has 0 aliphatic heterocycles. The van der Waals surface area contributed by atoms with E-state index in [4.69, 9.17) is 9.47 Å². The van der Waals surface area contributed by atoms with Crippen molar-refractivity contribution < 1.29 is 9.47 Å². The van der Waals surface area contributed by atoms with E-state index in [9.17, 15) is 0 Å². The van der Waals surface area contributed by atoms with Crippen LogP contribution in [0.3, 0.4) is 0 Å². The molecule has 0 spiro atoms. The molecule has 0 unspecified atom stereocenters. The van der Waals surface area contributed by atoms with E-state index in [1.54, 1.807) is 7.11 Å². The van der Waals surface area contributed by atoms with Gasteiger partial charge in [-0.1, -0.05) is 0 Å². The van der Waals surface area contributed by atoms with Crippen molar-refractivity contribution in [2.75, 3.05) is 27.8 Å². The average molecular weight is 406 g/mol. The Hall–Kier alpha value is -1.16. The molecule has 136 valence electrons. The zero-order valence-electron chi connectivity index (χ0n) is 15.9. The molecule has 0 saturated carbocycles. The van der Waals surface area contributed by atoms with Gasteiger partial charge in [0.2, 0.25) is 0 Å². The van der Waals surface area contributed by atoms with E-state index in [1.165, 1.54) is 10.0 Å². The number of hydrogen-bond acceptors (Lipinski definition) is 3. The fraction of sp³-hybridized carbons (Fsp3) is 0.429. The van der Waals surface area contributed by atoms with Crippen molar-refractivity contribution in [1.29, 1.82) is 0 Å². The predicted octanol–water partition coefficient (Wildman–Crippen LogP) is 3.59. The van der Waals surface area contributed by atoms with E-state index < -0.39 is 5.79 Å². The van der Waals surface area contributed by atoms with Crippen molar-refractivity contribution in [2.24, 2.45) is 0 Å². The van der Waals surface area contributed by atoms with Gasteiger partial charge in [0.25, 0.3) is 0 Å². The SMILES string of the molecule is CCO[C@@](C[Se]c1ccccc1[C@@H](C)N(C)C)(OC)c1ccccc1. The van der Waals surface area contributed by atoms with Gasteiger partial charge in [-0.25, -0.2) is 0 Å². The van der Waals surface area contributed by atoms with E-state index in [-0.39, 0.29) is 15.0 Å². The van der Waals surface area contributed by atoms with Gasteiger partial charge in [-0.2, -0.15) is 0 Å². The molecule has 2 atom stereocenters. The van der Waals surface area contributed by atoms with Gasteiger partial charge in [0.15, 0.2) is 0 Å². The third-order valence-corrected chi connectivity index (χ3v) is 7.01. The van der Waals surface area contributed by atoms with E-state index in [0.717, 1.165) is 10.9 Å². The maximum atomic E-state index is 6.12. The van der Waals surface area contributed by atoms with Crippen LogP contribution in [0.15, 0.2) is 54.6 Å². The number of methoxy groups -OCH3 is 1. The predicted molar refractivity (Wildman–Crippen MR) is 105 cm³/mol. The van der Waals surface area contributed by atoms with Gasteiger partial charge in [-0.3, -0.25) is 0 Å². The summed E-state index contributed by atoms with van der Waals surface area (Å²) in [4.78, 5) is 2.25. The molecule has 0 radical (unpaired) electrons. The second-order valence-electron chi connectivity index (χ2n) is 6.22. The zero-order valence-corrected chi connectivity index (χ0v) is 17.6. The second-order valence-corrected chi connectivity index (χ2v) is 8.36. The molecule has 0 heterocycles. The van der Waals surface area contributed by atoms with E-state index in [0.29, 0.717) is 12.6 Å². The molecule has 2 rings (SSSR count). The standard InChI is InChI=1S/C21H29NO2Se/c1-6-24-21(23-5,18-12-8-7-9-13-18)16-25-20-15-11-10-14-19(20)17(2)22(3)4/h7-15,17H,6,16H2,1-5H3/t17-,21-/m1/s1. The first-order valence-corrected chi connectivity index (χ1v) is 10.7. The molecule has 0 aliphatic rings. The van der Waals surface area contributed by atoms with Crippen LogP contribution in [-0.4, -0.2) is 47.7 Å². The van der Waals surface area contributed by atoms with Crippen LogP contribution >= 0.6 is 0 Å². The van der Waals surface area contributed by atoms with E-state index >= 15 is 0 Å². The van der Waals surface area contributed by atoms with Gasteiger partial charge in [-0.15, -0.1) is 0 Å². The van der Waals surface area contributed by atoms with Crippen molar-refractivity contribution >= 4 is 19.4 Å². The van der Waals surface area contributed by atoms with Gasteiger partial charge in [0.05, 0.1) is 0 Å². The van der Waals surface area contributed by atoms with Gasteiger partial charge in [0.1, 0.15) is 0 Å². The molecular weight excluding hydrogens is 377 g/mol. The molecule has 0 bridgehead atoms. The normalized spacial score (nSPS) is 15.1. The van der Waals surface area contributed by atoms with Gasteiger partial charge < -0.3 is 0 Å². The van der Waals surface area contributed by atoms with Gasteiger partial charge in [-0.05, 0) is 0 Å². The van der Waals surface area contributed by atoms with Crippen LogP contribution in [0.25, 0.3) is 0 Å². The third kappa shape index (κ3) is 4.93. The summed E-state index contributed by atoms with van der Waals surface area (Å²) >= 11 is 0.238. The first-order valence-electron chi connectivity index (χ1n) is 8.67. The van der Waals surface area contributed by atoms with Crippen molar-refractivity contribution in [3.05, 3.63) is 65.7 Å². The summed E-state index contributed by atoms with van der Waals surface area (Å²) in [6.45, 7) is 4.89. The first-order chi connectivity index (χ1) is 12.0. The maximum absolute atomic E-state index is 6.12. The fourth-order valence-electron chi connectivity index (χ4n) is 2.78. The zero-order chi connectivity index (χ0) is 18.3. The summed E-state index contributed by atoms with van der Waals surface area (Å²) < 4.78 is 13.4. The molecular formula is C21H29NO2Se. The summed E-state index contributed by atoms with van der Waals surface area (Å²) in [5.74, 6) is -0.676. The van der Waals surface area contributed by atoms with Crippen LogP contribution in [0.4, 0.5) is 0 Å². The molecule has 4 heteroatoms. The summed E-state index contributed by atoms with van der Waals surface area (Å²) in [5, 5.41) is 0.839. The molecule has 0 aliphatic carbocycles. The second kappa shape index (κ2) is 9.51. The van der Waals surface area contributed by atoms with Crippen molar-refractivity contribution in [1.82, 2.24) is 4.90 Å². The number of hydrogen-bond donors (Lipinski definition) is 0. The molecule has 0 N–H and O–H groups in total. The summed E-state index contributed by atoms with van der Waals surface area (Å²) in [6, 6.07) is 19.4. The Morgan fingerprint density at radius 1 is 1.04 bits per heavy atom. The first kappa shape index (κ1) is 20.2. The van der Waals surface area contributed by atoms with Gasteiger partial charge in [0, 0.05) is 0 Å². The molecule has 2 aromatic carbocycles. The Labute approximate surface area is 158 Å². The topological polar surface area (TPSA) is 21.7 Å². The molecule has 0 aromatic heterocycles. The Balaban J connectivity index is 2.28. The number of nitrogens with zero attached hydrogens (tertiary/aromatic N) is 1. The third-order valence-electron chi connectivity index (χ3n) is 4.48. The van der Waals surface area contributed by atoms with Crippen molar-refractivity contribution in [3.63, 3.8) is 0 Å². The van der Waals surface area contributed by atoms with Crippen LogP contribution in [0.5, 0.6) is 0 Å². The Morgan fingerprint density at radius 3 is 2.28 bits per heavy atom. The Kier molecular flexibility index (Phi) is 7.67. The quantitative estimate of drug-likeness (QED) is 0.469. The number of benzene rings is 2. The molecule has 0 saturated heterocycles. The minimum atomic E-state index is -0.676. The van der Waals surface area contributed by atoms with Crippen LogP contribution in [0, 0.1) is 0 Å². The molecule has 0 amide bonds. The van der Waals surface area contributed by atoms with E-state index in [1.807, 2.05) is 25.1 Å². The summed E-state index contributed by atoms with van der Waals surface area (Å²) in [7, 11) is 5.99. The Morgan fingerprint density at radius 2 is 1.68 bits per heavy atom. The van der Waals surface area contributed by atoms with Crippen LogP contribution in [0.1, 0.15) is 31.0 Å². The molecule has 3 nitrogen and oxygen atoms in total. The minimum absolute atomic E-state index is 0.238. The monoisotopic (exact) mass is 407 g/mol. The summed E-state index contributed by atoms with van der Waals surface area (Å²) in [6.07, 6.45) is 0. The molecule has 0 fully saturated rings. The summed E-state index contributed by atoms with van der Waals surface area (Å²) in [5.41, 5.74) is 2.47.